The topological polar surface area (TPSA) is 80.0 Å². The second-order valence-corrected chi connectivity index (χ2v) is 4.06. The highest BCUT2D eigenvalue weighted by Gasteiger charge is 2.06. The summed E-state index contributed by atoms with van der Waals surface area (Å²) in [5.41, 5.74) is 8.72. The Labute approximate surface area is 111 Å². The van der Waals surface area contributed by atoms with Crippen LogP contribution in [0.15, 0.2) is 42.6 Å². The van der Waals surface area contributed by atoms with Crippen LogP contribution in [-0.4, -0.2) is 17.9 Å². The molecule has 1 amide bonds. The lowest BCUT2D eigenvalue weighted by Crippen LogP contribution is -2.18. The number of nitrogens with one attached hydrogen (secondary N) is 2. The number of pyridine rings is 1. The van der Waals surface area contributed by atoms with E-state index in [0.29, 0.717) is 17.8 Å². The number of nitrogen functional groups attached to an aromatic ring is 1. The second kappa shape index (κ2) is 5.86. The Balaban J connectivity index is 2.07. The van der Waals surface area contributed by atoms with Gasteiger partial charge in [-0.15, -0.1) is 0 Å². The summed E-state index contributed by atoms with van der Waals surface area (Å²) in [6, 6.07) is 10.9. The van der Waals surface area contributed by atoms with Gasteiger partial charge in [-0.3, -0.25) is 9.78 Å². The molecule has 0 fully saturated rings. The first-order valence-corrected chi connectivity index (χ1v) is 5.96. The van der Waals surface area contributed by atoms with Crippen molar-refractivity contribution >= 4 is 17.3 Å². The summed E-state index contributed by atoms with van der Waals surface area (Å²) < 4.78 is 0. The maximum absolute atomic E-state index is 11.5. The van der Waals surface area contributed by atoms with Gasteiger partial charge in [-0.2, -0.15) is 0 Å². The summed E-state index contributed by atoms with van der Waals surface area (Å²) in [7, 11) is 1.59. The fraction of sp³-hybridized carbons (Fsp3) is 0.143. The first kappa shape index (κ1) is 12.9. The molecule has 4 N–H and O–H groups in total. The number of carbonyl (C=O) groups excluding carboxylic acids is 1. The Morgan fingerprint density at radius 2 is 2.16 bits per heavy atom. The Morgan fingerprint density at radius 1 is 1.32 bits per heavy atom. The van der Waals surface area contributed by atoms with Gasteiger partial charge in [-0.25, -0.2) is 0 Å². The van der Waals surface area contributed by atoms with Gasteiger partial charge in [-0.05, 0) is 30.3 Å². The van der Waals surface area contributed by atoms with Crippen molar-refractivity contribution in [2.45, 2.75) is 6.54 Å². The predicted octanol–water partition coefficient (Wildman–Crippen LogP) is 1.64. The van der Waals surface area contributed by atoms with Crippen molar-refractivity contribution in [1.29, 1.82) is 0 Å². The van der Waals surface area contributed by atoms with Gasteiger partial charge in [0.2, 0.25) is 0 Å². The number of nitrogens with zero attached hydrogens (tertiary/aromatic N) is 1. The van der Waals surface area contributed by atoms with Gasteiger partial charge in [0, 0.05) is 18.8 Å². The molecule has 1 aromatic heterocycles. The van der Waals surface area contributed by atoms with Crippen LogP contribution in [0.1, 0.15) is 16.1 Å². The van der Waals surface area contributed by atoms with Crippen molar-refractivity contribution < 1.29 is 4.79 Å². The number of aromatic nitrogens is 1. The lowest BCUT2D eigenvalue weighted by atomic mass is 10.1. The first-order chi connectivity index (χ1) is 9.20. The van der Waals surface area contributed by atoms with E-state index in [9.17, 15) is 4.79 Å². The zero-order valence-electron chi connectivity index (χ0n) is 10.7. The van der Waals surface area contributed by atoms with Gasteiger partial charge < -0.3 is 16.4 Å². The van der Waals surface area contributed by atoms with E-state index >= 15 is 0 Å². The average molecular weight is 256 g/mol. The number of hydrogen-bond acceptors (Lipinski definition) is 4. The van der Waals surface area contributed by atoms with Crippen LogP contribution in [0.2, 0.25) is 0 Å². The van der Waals surface area contributed by atoms with Gasteiger partial charge in [0.05, 0.1) is 23.6 Å². The quantitative estimate of drug-likeness (QED) is 0.726. The van der Waals surface area contributed by atoms with Crippen LogP contribution in [0.25, 0.3) is 0 Å². The molecule has 0 spiro atoms. The fourth-order valence-corrected chi connectivity index (χ4v) is 1.70. The molecule has 98 valence electrons. The van der Waals surface area contributed by atoms with Crippen LogP contribution in [-0.2, 0) is 6.54 Å². The van der Waals surface area contributed by atoms with Crippen molar-refractivity contribution in [2.75, 3.05) is 18.1 Å². The van der Waals surface area contributed by atoms with Gasteiger partial charge >= 0.3 is 0 Å². The highest BCUT2D eigenvalue weighted by atomic mass is 16.1. The summed E-state index contributed by atoms with van der Waals surface area (Å²) in [5.74, 6) is -0.150. The summed E-state index contributed by atoms with van der Waals surface area (Å²) in [4.78, 5) is 15.7. The zero-order chi connectivity index (χ0) is 13.7. The Kier molecular flexibility index (Phi) is 3.97. The van der Waals surface area contributed by atoms with E-state index in [2.05, 4.69) is 15.6 Å². The van der Waals surface area contributed by atoms with E-state index in [1.54, 1.807) is 31.4 Å². The Bertz CT molecular complexity index is 569. The largest absolute Gasteiger partial charge is 0.397 e. The van der Waals surface area contributed by atoms with E-state index in [0.717, 1.165) is 11.4 Å². The lowest BCUT2D eigenvalue weighted by Gasteiger charge is -2.10. The molecular formula is C14H16N4O. The van der Waals surface area contributed by atoms with Gasteiger partial charge in [0.25, 0.3) is 5.91 Å². The molecule has 2 aromatic rings. The molecule has 0 radical (unpaired) electrons. The Morgan fingerprint density at radius 3 is 2.79 bits per heavy atom. The van der Waals surface area contributed by atoms with Crippen LogP contribution in [0.3, 0.4) is 0 Å². The standard InChI is InChI=1S/C14H16N4O/c1-16-14(19)10-5-6-13(12(15)8-10)18-9-11-4-2-3-7-17-11/h2-8,18H,9,15H2,1H3,(H,16,19). The molecule has 0 aliphatic heterocycles. The molecule has 5 heteroatoms. The van der Waals surface area contributed by atoms with Gasteiger partial charge in [0.15, 0.2) is 0 Å². The Hall–Kier alpha value is -2.56. The molecule has 19 heavy (non-hydrogen) atoms. The van der Waals surface area contributed by atoms with E-state index in [-0.39, 0.29) is 5.91 Å². The zero-order valence-corrected chi connectivity index (χ0v) is 10.7. The van der Waals surface area contributed by atoms with Crippen molar-refractivity contribution in [3.05, 3.63) is 53.9 Å². The molecule has 0 aliphatic carbocycles. The number of amides is 1. The highest BCUT2D eigenvalue weighted by molar-refractivity contribution is 5.95. The smallest absolute Gasteiger partial charge is 0.251 e. The number of rotatable bonds is 4. The maximum atomic E-state index is 11.5. The molecule has 1 aromatic carbocycles. The summed E-state index contributed by atoms with van der Waals surface area (Å²) >= 11 is 0. The summed E-state index contributed by atoms with van der Waals surface area (Å²) in [6.45, 7) is 0.588. The average Bonchev–Trinajstić information content (AvgIpc) is 2.46. The van der Waals surface area contributed by atoms with E-state index in [1.165, 1.54) is 0 Å². The molecule has 0 saturated heterocycles. The third-order valence-corrected chi connectivity index (χ3v) is 2.73. The number of hydrogen-bond donors (Lipinski definition) is 3. The van der Waals surface area contributed by atoms with E-state index in [4.69, 9.17) is 5.73 Å². The normalized spacial score (nSPS) is 9.95. The van der Waals surface area contributed by atoms with E-state index < -0.39 is 0 Å². The molecule has 0 unspecified atom stereocenters. The molecule has 2 rings (SSSR count). The van der Waals surface area contributed by atoms with Crippen LogP contribution < -0.4 is 16.4 Å². The monoisotopic (exact) mass is 256 g/mol. The minimum atomic E-state index is -0.150. The summed E-state index contributed by atoms with van der Waals surface area (Å²) in [6.07, 6.45) is 1.75. The van der Waals surface area contributed by atoms with Gasteiger partial charge in [-0.1, -0.05) is 6.07 Å². The molecule has 0 saturated carbocycles. The molecule has 0 aliphatic rings. The molecule has 1 heterocycles. The predicted molar refractivity (Wildman–Crippen MR) is 75.8 cm³/mol. The number of carbonyl (C=O) groups is 1. The minimum absolute atomic E-state index is 0.150. The second-order valence-electron chi connectivity index (χ2n) is 4.06. The lowest BCUT2D eigenvalue weighted by molar-refractivity contribution is 0.0963. The van der Waals surface area contributed by atoms with Crippen molar-refractivity contribution in [3.8, 4) is 0 Å². The number of nitrogens with two attached hydrogens (primary N) is 1. The SMILES string of the molecule is CNC(=O)c1ccc(NCc2ccccn2)c(N)c1. The highest BCUT2D eigenvalue weighted by Crippen LogP contribution is 2.20. The van der Waals surface area contributed by atoms with Crippen molar-refractivity contribution in [3.63, 3.8) is 0 Å². The first-order valence-electron chi connectivity index (χ1n) is 5.96. The number of anilines is 2. The van der Waals surface area contributed by atoms with Crippen LogP contribution in [0.4, 0.5) is 11.4 Å². The molecule has 0 atom stereocenters. The molecule has 0 bridgehead atoms. The van der Waals surface area contributed by atoms with Crippen molar-refractivity contribution in [2.24, 2.45) is 0 Å². The minimum Gasteiger partial charge on any atom is -0.397 e. The fourth-order valence-electron chi connectivity index (χ4n) is 1.70. The maximum Gasteiger partial charge on any atom is 0.251 e. The number of benzene rings is 1. The third kappa shape index (κ3) is 3.22. The van der Waals surface area contributed by atoms with Crippen LogP contribution >= 0.6 is 0 Å². The van der Waals surface area contributed by atoms with Crippen LogP contribution in [0, 0.1) is 0 Å². The van der Waals surface area contributed by atoms with Gasteiger partial charge in [0.1, 0.15) is 0 Å². The van der Waals surface area contributed by atoms with E-state index in [1.807, 2.05) is 18.2 Å². The molecule has 5 nitrogen and oxygen atoms in total. The molecular weight excluding hydrogens is 240 g/mol. The summed E-state index contributed by atoms with van der Waals surface area (Å²) in [5, 5.41) is 5.76. The van der Waals surface area contributed by atoms with Crippen molar-refractivity contribution in [1.82, 2.24) is 10.3 Å². The van der Waals surface area contributed by atoms with Crippen LogP contribution in [0.5, 0.6) is 0 Å². The third-order valence-electron chi connectivity index (χ3n) is 2.73.